The molecule has 0 aliphatic rings. The Kier molecular flexibility index (Phi) is 4.92. The number of benzene rings is 1. The molecule has 0 aliphatic heterocycles. The van der Waals surface area contributed by atoms with Gasteiger partial charge in [0.25, 0.3) is 0 Å². The number of hydrogen-bond acceptors (Lipinski definition) is 2. The molecule has 1 atom stereocenters. The van der Waals surface area contributed by atoms with Crippen molar-refractivity contribution >= 4 is 11.6 Å². The fourth-order valence-corrected chi connectivity index (χ4v) is 1.37. The van der Waals surface area contributed by atoms with Crippen LogP contribution in [-0.4, -0.2) is 17.8 Å². The molecule has 0 bridgehead atoms. The van der Waals surface area contributed by atoms with Crippen LogP contribution in [0.4, 0.5) is 0 Å². The molecule has 1 rings (SSSR count). The summed E-state index contributed by atoms with van der Waals surface area (Å²) in [5.41, 5.74) is 0. The predicted octanol–water partition coefficient (Wildman–Crippen LogP) is 3.13. The van der Waals surface area contributed by atoms with Crippen molar-refractivity contribution in [3.8, 4) is 5.75 Å². The van der Waals surface area contributed by atoms with Crippen LogP contribution in [0.3, 0.4) is 0 Å². The van der Waals surface area contributed by atoms with Crippen molar-refractivity contribution in [3.05, 3.63) is 29.3 Å². The highest BCUT2D eigenvalue weighted by Crippen LogP contribution is 2.17. The Morgan fingerprint density at radius 2 is 2.13 bits per heavy atom. The van der Waals surface area contributed by atoms with Gasteiger partial charge in [-0.05, 0) is 24.1 Å². The Balaban J connectivity index is 2.32. The molecule has 84 valence electrons. The lowest BCUT2D eigenvalue weighted by molar-refractivity contribution is 0.0976. The van der Waals surface area contributed by atoms with Crippen LogP contribution in [0.2, 0.25) is 5.02 Å². The summed E-state index contributed by atoms with van der Waals surface area (Å²) >= 11 is 5.81. The third-order valence-corrected chi connectivity index (χ3v) is 2.48. The molecule has 0 aliphatic carbocycles. The van der Waals surface area contributed by atoms with Gasteiger partial charge in [-0.2, -0.15) is 0 Å². The number of halogens is 1. The van der Waals surface area contributed by atoms with E-state index < -0.39 is 0 Å². The van der Waals surface area contributed by atoms with E-state index in [-0.39, 0.29) is 12.0 Å². The molecule has 0 aromatic heterocycles. The van der Waals surface area contributed by atoms with Gasteiger partial charge in [0.1, 0.15) is 5.75 Å². The molecule has 1 aromatic carbocycles. The highest BCUT2D eigenvalue weighted by Gasteiger charge is 2.08. The quantitative estimate of drug-likeness (QED) is 0.839. The molecule has 3 heteroatoms. The van der Waals surface area contributed by atoms with Gasteiger partial charge in [-0.1, -0.05) is 31.5 Å². The first-order chi connectivity index (χ1) is 7.09. The third kappa shape index (κ3) is 4.54. The van der Waals surface area contributed by atoms with E-state index in [0.29, 0.717) is 18.1 Å². The molecule has 15 heavy (non-hydrogen) atoms. The maximum atomic E-state index is 9.55. The van der Waals surface area contributed by atoms with Crippen molar-refractivity contribution in [1.29, 1.82) is 0 Å². The second-order valence-electron chi connectivity index (χ2n) is 3.91. The van der Waals surface area contributed by atoms with Gasteiger partial charge in [0.15, 0.2) is 0 Å². The molecule has 0 heterocycles. The van der Waals surface area contributed by atoms with Crippen LogP contribution in [0.25, 0.3) is 0 Å². The standard InChI is InChI=1S/C12H17ClO2/c1-9(2)12(14)6-7-15-11-5-3-4-10(13)8-11/h3-5,8-9,12,14H,6-7H2,1-2H3. The van der Waals surface area contributed by atoms with E-state index in [2.05, 4.69) is 0 Å². The fourth-order valence-electron chi connectivity index (χ4n) is 1.19. The number of aliphatic hydroxyl groups excluding tert-OH is 1. The predicted molar refractivity (Wildman–Crippen MR) is 62.4 cm³/mol. The van der Waals surface area contributed by atoms with E-state index >= 15 is 0 Å². The van der Waals surface area contributed by atoms with Gasteiger partial charge >= 0.3 is 0 Å². The monoisotopic (exact) mass is 228 g/mol. The zero-order valence-corrected chi connectivity index (χ0v) is 9.87. The number of ether oxygens (including phenoxy) is 1. The van der Waals surface area contributed by atoms with Crippen LogP contribution >= 0.6 is 11.6 Å². The average molecular weight is 229 g/mol. The minimum Gasteiger partial charge on any atom is -0.493 e. The summed E-state index contributed by atoms with van der Waals surface area (Å²) in [6, 6.07) is 7.27. The minimum atomic E-state index is -0.302. The van der Waals surface area contributed by atoms with E-state index in [9.17, 15) is 5.11 Å². The van der Waals surface area contributed by atoms with Crippen molar-refractivity contribution < 1.29 is 9.84 Å². The Labute approximate surface area is 95.8 Å². The minimum absolute atomic E-state index is 0.271. The van der Waals surface area contributed by atoms with Gasteiger partial charge in [0, 0.05) is 11.4 Å². The lowest BCUT2D eigenvalue weighted by atomic mass is 10.1. The summed E-state index contributed by atoms with van der Waals surface area (Å²) in [5, 5.41) is 10.2. The molecule has 0 radical (unpaired) electrons. The normalized spacial score (nSPS) is 12.9. The maximum Gasteiger partial charge on any atom is 0.120 e. The molecule has 0 saturated carbocycles. The van der Waals surface area contributed by atoms with E-state index in [0.717, 1.165) is 5.75 Å². The van der Waals surface area contributed by atoms with Crippen molar-refractivity contribution in [2.45, 2.75) is 26.4 Å². The van der Waals surface area contributed by atoms with E-state index in [4.69, 9.17) is 16.3 Å². The Morgan fingerprint density at radius 3 is 2.73 bits per heavy atom. The van der Waals surface area contributed by atoms with Crippen molar-refractivity contribution in [3.63, 3.8) is 0 Å². The first-order valence-electron chi connectivity index (χ1n) is 5.16. The molecule has 2 nitrogen and oxygen atoms in total. The summed E-state index contributed by atoms with van der Waals surface area (Å²) in [6.07, 6.45) is 0.341. The van der Waals surface area contributed by atoms with Crippen molar-refractivity contribution in [2.24, 2.45) is 5.92 Å². The number of hydrogen-bond donors (Lipinski definition) is 1. The smallest absolute Gasteiger partial charge is 0.120 e. The van der Waals surface area contributed by atoms with Crippen LogP contribution in [0.5, 0.6) is 5.75 Å². The molecule has 0 amide bonds. The van der Waals surface area contributed by atoms with Crippen LogP contribution in [0.15, 0.2) is 24.3 Å². The van der Waals surface area contributed by atoms with Crippen LogP contribution < -0.4 is 4.74 Å². The highest BCUT2D eigenvalue weighted by atomic mass is 35.5. The maximum absolute atomic E-state index is 9.55. The van der Waals surface area contributed by atoms with Gasteiger partial charge in [-0.3, -0.25) is 0 Å². The molecule has 1 aromatic rings. The lowest BCUT2D eigenvalue weighted by Gasteiger charge is -2.14. The topological polar surface area (TPSA) is 29.5 Å². The largest absolute Gasteiger partial charge is 0.493 e. The second-order valence-corrected chi connectivity index (χ2v) is 4.34. The first kappa shape index (κ1) is 12.3. The zero-order valence-electron chi connectivity index (χ0n) is 9.11. The SMILES string of the molecule is CC(C)C(O)CCOc1cccc(Cl)c1. The molecule has 1 N–H and O–H groups in total. The summed E-state index contributed by atoms with van der Waals surface area (Å²) in [7, 11) is 0. The summed E-state index contributed by atoms with van der Waals surface area (Å²) in [5.74, 6) is 1.02. The third-order valence-electron chi connectivity index (χ3n) is 2.25. The lowest BCUT2D eigenvalue weighted by Crippen LogP contribution is -2.17. The molecule has 0 saturated heterocycles. The number of rotatable bonds is 5. The van der Waals surface area contributed by atoms with Gasteiger partial charge in [-0.25, -0.2) is 0 Å². The van der Waals surface area contributed by atoms with E-state index in [1.54, 1.807) is 12.1 Å². The van der Waals surface area contributed by atoms with Crippen LogP contribution in [0, 0.1) is 5.92 Å². The summed E-state index contributed by atoms with van der Waals surface area (Å²) < 4.78 is 5.46. The molecular weight excluding hydrogens is 212 g/mol. The fraction of sp³-hybridized carbons (Fsp3) is 0.500. The van der Waals surface area contributed by atoms with Gasteiger partial charge in [-0.15, -0.1) is 0 Å². The summed E-state index contributed by atoms with van der Waals surface area (Å²) in [4.78, 5) is 0. The Hall–Kier alpha value is -0.730. The first-order valence-corrected chi connectivity index (χ1v) is 5.54. The van der Waals surface area contributed by atoms with Gasteiger partial charge < -0.3 is 9.84 Å². The number of aliphatic hydroxyl groups is 1. The van der Waals surface area contributed by atoms with Crippen LogP contribution in [0.1, 0.15) is 20.3 Å². The second kappa shape index (κ2) is 5.99. The van der Waals surface area contributed by atoms with E-state index in [1.165, 1.54) is 0 Å². The molecular formula is C12H17ClO2. The average Bonchev–Trinajstić information content (AvgIpc) is 2.17. The summed E-state index contributed by atoms with van der Waals surface area (Å²) in [6.45, 7) is 4.49. The molecule has 0 spiro atoms. The van der Waals surface area contributed by atoms with E-state index in [1.807, 2.05) is 26.0 Å². The van der Waals surface area contributed by atoms with Gasteiger partial charge in [0.05, 0.1) is 12.7 Å². The Morgan fingerprint density at radius 1 is 1.40 bits per heavy atom. The molecule has 0 fully saturated rings. The van der Waals surface area contributed by atoms with Crippen molar-refractivity contribution in [2.75, 3.05) is 6.61 Å². The van der Waals surface area contributed by atoms with Gasteiger partial charge in [0.2, 0.25) is 0 Å². The van der Waals surface area contributed by atoms with Crippen LogP contribution in [-0.2, 0) is 0 Å². The zero-order chi connectivity index (χ0) is 11.3. The molecule has 1 unspecified atom stereocenters. The highest BCUT2D eigenvalue weighted by molar-refractivity contribution is 6.30. The Bertz CT molecular complexity index is 299. The van der Waals surface area contributed by atoms with Crippen molar-refractivity contribution in [1.82, 2.24) is 0 Å².